The quantitative estimate of drug-likeness (QED) is 0.533. The van der Waals surface area contributed by atoms with Crippen LogP contribution in [0.1, 0.15) is 0 Å². The third-order valence-corrected chi connectivity index (χ3v) is 5.62. The van der Waals surface area contributed by atoms with Crippen LogP contribution in [0, 0.1) is 0 Å². The molecule has 1 unspecified atom stereocenters. The maximum atomic E-state index is 11.4. The molecule has 2 aromatic carbocycles. The summed E-state index contributed by atoms with van der Waals surface area (Å²) in [4.78, 5) is 15.7. The summed E-state index contributed by atoms with van der Waals surface area (Å²) in [5.41, 5.74) is 1.92. The number of hydrogen-bond donors (Lipinski definition) is 2. The Morgan fingerprint density at radius 1 is 1.16 bits per heavy atom. The van der Waals surface area contributed by atoms with Crippen LogP contribution in [0.3, 0.4) is 0 Å². The van der Waals surface area contributed by atoms with E-state index in [2.05, 4.69) is 32.1 Å². The van der Waals surface area contributed by atoms with Crippen molar-refractivity contribution in [2.75, 3.05) is 53.0 Å². The van der Waals surface area contributed by atoms with Crippen molar-refractivity contribution in [3.8, 4) is 16.9 Å². The summed E-state index contributed by atoms with van der Waals surface area (Å²) in [6.45, 7) is 4.19. The minimum Gasteiger partial charge on any atom is -0.490 e. The summed E-state index contributed by atoms with van der Waals surface area (Å²) in [7, 11) is 1.41. The topological polar surface area (TPSA) is 90.9 Å². The Balaban J connectivity index is 1.36. The maximum Gasteiger partial charge on any atom is 0.319 e. The molecule has 31 heavy (non-hydrogen) atoms. The smallest absolute Gasteiger partial charge is 0.319 e. The largest absolute Gasteiger partial charge is 0.490 e. The van der Waals surface area contributed by atoms with Gasteiger partial charge >= 0.3 is 5.97 Å². The normalized spacial score (nSPS) is 16.3. The second-order valence-electron chi connectivity index (χ2n) is 7.76. The minimum atomic E-state index is -0.615. The number of aliphatic hydroxyl groups excluding tert-OH is 1. The van der Waals surface area contributed by atoms with Crippen LogP contribution < -0.4 is 4.74 Å². The van der Waals surface area contributed by atoms with Gasteiger partial charge < -0.3 is 14.6 Å². The number of nitrogens with one attached hydrogen (secondary N) is 1. The van der Waals surface area contributed by atoms with E-state index in [0.717, 1.165) is 53.8 Å². The standard InChI is InChI=1S/C23H28N4O4/c1-30-22(29)15-27-10-8-26(9-11-27)14-19(28)16-31-21-7-6-17-4-2-3-5-20(17)23(21)18-12-24-25-13-18/h2-7,12-13,19,28H,8-11,14-16H2,1H3,(H,24,25). The average Bonchev–Trinajstić information content (AvgIpc) is 3.33. The van der Waals surface area contributed by atoms with Crippen LogP contribution in [0.5, 0.6) is 5.75 Å². The lowest BCUT2D eigenvalue weighted by Gasteiger charge is -2.34. The molecule has 2 heterocycles. The molecule has 0 saturated carbocycles. The van der Waals surface area contributed by atoms with Gasteiger partial charge in [-0.1, -0.05) is 30.3 Å². The molecule has 0 spiro atoms. The molecule has 0 radical (unpaired) electrons. The van der Waals surface area contributed by atoms with Gasteiger partial charge in [-0.3, -0.25) is 19.7 Å². The fourth-order valence-corrected chi connectivity index (χ4v) is 3.97. The molecule has 2 N–H and O–H groups in total. The number of carbonyl (C=O) groups excluding carboxylic acids is 1. The number of β-amino-alcohol motifs (C(OH)–C–C–N with tert-alkyl or cyclic N) is 1. The Morgan fingerprint density at radius 2 is 1.94 bits per heavy atom. The minimum absolute atomic E-state index is 0.200. The lowest BCUT2D eigenvalue weighted by molar-refractivity contribution is -0.142. The highest BCUT2D eigenvalue weighted by Crippen LogP contribution is 2.36. The van der Waals surface area contributed by atoms with Gasteiger partial charge in [0, 0.05) is 50.0 Å². The first-order valence-corrected chi connectivity index (χ1v) is 10.5. The second kappa shape index (κ2) is 9.91. The van der Waals surface area contributed by atoms with E-state index in [1.807, 2.05) is 30.5 Å². The second-order valence-corrected chi connectivity index (χ2v) is 7.76. The van der Waals surface area contributed by atoms with E-state index >= 15 is 0 Å². The van der Waals surface area contributed by atoms with Gasteiger partial charge in [0.15, 0.2) is 0 Å². The number of aliphatic hydroxyl groups is 1. The zero-order valence-electron chi connectivity index (χ0n) is 17.7. The summed E-state index contributed by atoms with van der Waals surface area (Å²) in [5, 5.41) is 19.7. The van der Waals surface area contributed by atoms with E-state index in [1.165, 1.54) is 7.11 Å². The number of methoxy groups -OCH3 is 1. The predicted molar refractivity (Wildman–Crippen MR) is 118 cm³/mol. The van der Waals surface area contributed by atoms with Gasteiger partial charge in [-0.05, 0) is 16.8 Å². The van der Waals surface area contributed by atoms with Gasteiger partial charge in [0.2, 0.25) is 0 Å². The fourth-order valence-electron chi connectivity index (χ4n) is 3.97. The average molecular weight is 425 g/mol. The third-order valence-electron chi connectivity index (χ3n) is 5.62. The molecular weight excluding hydrogens is 396 g/mol. The number of piperazine rings is 1. The number of fused-ring (bicyclic) bond motifs is 1. The molecule has 4 rings (SSSR count). The Hall–Kier alpha value is -2.94. The van der Waals surface area contributed by atoms with E-state index in [0.29, 0.717) is 13.1 Å². The van der Waals surface area contributed by atoms with Gasteiger partial charge in [-0.15, -0.1) is 0 Å². The van der Waals surface area contributed by atoms with Crippen LogP contribution in [0.2, 0.25) is 0 Å². The molecule has 0 aliphatic carbocycles. The third kappa shape index (κ3) is 5.22. The molecule has 1 aliphatic rings. The summed E-state index contributed by atoms with van der Waals surface area (Å²) in [6, 6.07) is 12.1. The van der Waals surface area contributed by atoms with Gasteiger partial charge in [-0.2, -0.15) is 5.10 Å². The zero-order valence-corrected chi connectivity index (χ0v) is 17.7. The van der Waals surface area contributed by atoms with Crippen LogP contribution in [0.25, 0.3) is 21.9 Å². The molecule has 1 aliphatic heterocycles. The first kappa shape index (κ1) is 21.3. The molecule has 8 nitrogen and oxygen atoms in total. The Labute approximate surface area is 181 Å². The van der Waals surface area contributed by atoms with Crippen molar-refractivity contribution < 1.29 is 19.4 Å². The van der Waals surface area contributed by atoms with Gasteiger partial charge in [0.25, 0.3) is 0 Å². The number of carbonyl (C=O) groups is 1. The van der Waals surface area contributed by atoms with E-state index in [9.17, 15) is 9.90 Å². The predicted octanol–water partition coefficient (Wildman–Crippen LogP) is 1.76. The summed E-state index contributed by atoms with van der Waals surface area (Å²) >= 11 is 0. The van der Waals surface area contributed by atoms with Crippen LogP contribution in [0.15, 0.2) is 48.8 Å². The number of benzene rings is 2. The molecule has 8 heteroatoms. The molecule has 0 bridgehead atoms. The summed E-state index contributed by atoms with van der Waals surface area (Å²) in [6.07, 6.45) is 3.01. The zero-order chi connectivity index (χ0) is 21.6. The van der Waals surface area contributed by atoms with Gasteiger partial charge in [-0.25, -0.2) is 0 Å². The van der Waals surface area contributed by atoms with Crippen molar-refractivity contribution in [1.29, 1.82) is 0 Å². The van der Waals surface area contributed by atoms with Crippen molar-refractivity contribution in [1.82, 2.24) is 20.0 Å². The maximum absolute atomic E-state index is 11.4. The van der Waals surface area contributed by atoms with Gasteiger partial charge in [0.05, 0.1) is 19.9 Å². The molecule has 1 saturated heterocycles. The molecule has 164 valence electrons. The van der Waals surface area contributed by atoms with E-state index in [-0.39, 0.29) is 12.6 Å². The number of ether oxygens (including phenoxy) is 2. The molecule has 1 atom stereocenters. The van der Waals surface area contributed by atoms with Crippen LogP contribution in [-0.4, -0.2) is 90.2 Å². The van der Waals surface area contributed by atoms with Crippen LogP contribution in [-0.2, 0) is 9.53 Å². The van der Waals surface area contributed by atoms with Crippen molar-refractivity contribution >= 4 is 16.7 Å². The molecule has 1 fully saturated rings. The molecular formula is C23H28N4O4. The fraction of sp³-hybridized carbons (Fsp3) is 0.391. The highest BCUT2D eigenvalue weighted by molar-refractivity contribution is 5.99. The lowest BCUT2D eigenvalue weighted by atomic mass is 9.99. The number of H-pyrrole nitrogens is 1. The number of rotatable bonds is 8. The Kier molecular flexibility index (Phi) is 6.81. The van der Waals surface area contributed by atoms with Crippen molar-refractivity contribution in [3.63, 3.8) is 0 Å². The first-order chi connectivity index (χ1) is 15.1. The van der Waals surface area contributed by atoms with Crippen LogP contribution >= 0.6 is 0 Å². The van der Waals surface area contributed by atoms with Crippen molar-refractivity contribution in [2.45, 2.75) is 6.10 Å². The van der Waals surface area contributed by atoms with E-state index in [4.69, 9.17) is 9.47 Å². The first-order valence-electron chi connectivity index (χ1n) is 10.5. The van der Waals surface area contributed by atoms with Gasteiger partial charge in [0.1, 0.15) is 18.5 Å². The number of hydrogen-bond acceptors (Lipinski definition) is 7. The summed E-state index contributed by atoms with van der Waals surface area (Å²) in [5.74, 6) is 0.507. The monoisotopic (exact) mass is 424 g/mol. The van der Waals surface area contributed by atoms with Crippen molar-refractivity contribution in [3.05, 3.63) is 48.8 Å². The molecule has 0 amide bonds. The molecule has 1 aromatic heterocycles. The Bertz CT molecular complexity index is 1000. The molecule has 3 aromatic rings. The van der Waals surface area contributed by atoms with Crippen molar-refractivity contribution in [2.24, 2.45) is 0 Å². The Morgan fingerprint density at radius 3 is 2.68 bits per heavy atom. The lowest BCUT2D eigenvalue weighted by Crippen LogP contribution is -2.50. The van der Waals surface area contributed by atoms with E-state index < -0.39 is 6.10 Å². The summed E-state index contributed by atoms with van der Waals surface area (Å²) < 4.78 is 10.8. The number of aromatic amines is 1. The van der Waals surface area contributed by atoms with E-state index in [1.54, 1.807) is 6.20 Å². The number of esters is 1. The number of nitrogens with zero attached hydrogens (tertiary/aromatic N) is 3. The number of aromatic nitrogens is 2. The highest BCUT2D eigenvalue weighted by Gasteiger charge is 2.21. The SMILES string of the molecule is COC(=O)CN1CCN(CC(O)COc2ccc3ccccc3c2-c2cn[nH]c2)CC1. The highest BCUT2D eigenvalue weighted by atomic mass is 16.5. The van der Waals surface area contributed by atoms with Crippen LogP contribution in [0.4, 0.5) is 0 Å².